The summed E-state index contributed by atoms with van der Waals surface area (Å²) < 4.78 is 9.00. The average molecular weight is 891 g/mol. The molecular weight excluding hydrogens is 853 g/mol. The molecule has 5 heteroatoms. The van der Waals surface area contributed by atoms with Gasteiger partial charge < -0.3 is 8.98 Å². The van der Waals surface area contributed by atoms with E-state index in [4.69, 9.17) is 19.4 Å². The van der Waals surface area contributed by atoms with Crippen molar-refractivity contribution in [3.05, 3.63) is 231 Å². The van der Waals surface area contributed by atoms with E-state index in [0.29, 0.717) is 17.5 Å². The van der Waals surface area contributed by atoms with Gasteiger partial charge in [-0.3, -0.25) is 0 Å². The fraction of sp³-hybridized carbons (Fsp3) is 0. The van der Waals surface area contributed by atoms with Gasteiger partial charge in [-0.25, -0.2) is 15.0 Å². The normalized spacial score (nSPS) is 12.0. The summed E-state index contributed by atoms with van der Waals surface area (Å²) in [7, 11) is 0. The first kappa shape index (κ1) is 38.6. The number of aromatic nitrogens is 4. The molecule has 0 spiro atoms. The fourth-order valence-corrected chi connectivity index (χ4v) is 11.1. The van der Waals surface area contributed by atoms with Gasteiger partial charge in [-0.05, 0) is 126 Å². The second kappa shape index (κ2) is 15.0. The number of nitrogens with zero attached hydrogens (tertiary/aromatic N) is 4. The van der Waals surface area contributed by atoms with Crippen LogP contribution in [0.3, 0.4) is 0 Å². The molecule has 0 aliphatic rings. The maximum absolute atomic E-state index is 6.58. The summed E-state index contributed by atoms with van der Waals surface area (Å²) in [5.41, 5.74) is 9.86. The molecule has 0 unspecified atom stereocenters. The lowest BCUT2D eigenvalue weighted by atomic mass is 9.95. The van der Waals surface area contributed by atoms with E-state index in [2.05, 4.69) is 223 Å². The van der Waals surface area contributed by atoms with Crippen LogP contribution in [0, 0.1) is 0 Å². The molecule has 70 heavy (non-hydrogen) atoms. The smallest absolute Gasteiger partial charge is 0.165 e. The molecule has 0 aliphatic carbocycles. The Morgan fingerprint density at radius 3 is 1.37 bits per heavy atom. The summed E-state index contributed by atoms with van der Waals surface area (Å²) in [4.78, 5) is 16.7. The van der Waals surface area contributed by atoms with Gasteiger partial charge in [0, 0.05) is 43.8 Å². The van der Waals surface area contributed by atoms with Crippen molar-refractivity contribution in [2.24, 2.45) is 0 Å². The topological polar surface area (TPSA) is 56.7 Å². The van der Waals surface area contributed by atoms with Crippen molar-refractivity contribution in [1.82, 2.24) is 19.5 Å². The first-order valence-electron chi connectivity index (χ1n) is 23.7. The lowest BCUT2D eigenvalue weighted by molar-refractivity contribution is 0.669. The van der Waals surface area contributed by atoms with Crippen LogP contribution in [0.1, 0.15) is 0 Å². The Bertz CT molecular complexity index is 4430. The minimum absolute atomic E-state index is 0.583. The standard InChI is InChI=1S/C65H38N4O/c1-2-16-40-37-58-55(35-39(40)15-1)51-25-11-13-27-56(51)69(58)57-32-30-46(36-54(57)45-29-31-53-52-26-12-14-28-59(52)70-60(53)38-45)63-66-64(61-47-21-7-3-17-41(47)33-42-18-4-8-22-48(42)61)68-65(67-63)62-49-23-9-5-19-43(49)34-44-20-6-10-24-50(44)62/h1-38H. The van der Waals surface area contributed by atoms with Crippen LogP contribution in [0.5, 0.6) is 0 Å². The molecule has 3 heterocycles. The Balaban J connectivity index is 1.05. The maximum atomic E-state index is 6.58. The monoisotopic (exact) mass is 890 g/mol. The van der Waals surface area contributed by atoms with E-state index in [1.807, 2.05) is 12.1 Å². The molecule has 0 saturated carbocycles. The Labute approximate surface area is 401 Å². The minimum atomic E-state index is 0.583. The molecule has 0 bridgehead atoms. The number of benzene rings is 12. The number of para-hydroxylation sites is 2. The number of hydrogen-bond acceptors (Lipinski definition) is 4. The van der Waals surface area contributed by atoms with Gasteiger partial charge in [0.25, 0.3) is 0 Å². The predicted molar refractivity (Wildman–Crippen MR) is 291 cm³/mol. The Kier molecular flexibility index (Phi) is 8.29. The van der Waals surface area contributed by atoms with Crippen LogP contribution in [0.15, 0.2) is 235 Å². The van der Waals surface area contributed by atoms with Crippen molar-refractivity contribution in [3.8, 4) is 51.0 Å². The molecule has 15 aromatic rings. The number of furan rings is 1. The summed E-state index contributed by atoms with van der Waals surface area (Å²) in [5, 5.41) is 15.8. The van der Waals surface area contributed by atoms with E-state index in [1.165, 1.54) is 21.5 Å². The van der Waals surface area contributed by atoms with Crippen molar-refractivity contribution < 1.29 is 4.42 Å². The quantitative estimate of drug-likeness (QED) is 0.162. The molecule has 0 fully saturated rings. The second-order valence-electron chi connectivity index (χ2n) is 18.3. The van der Waals surface area contributed by atoms with Gasteiger partial charge in [-0.1, -0.05) is 164 Å². The molecule has 0 atom stereocenters. The van der Waals surface area contributed by atoms with Gasteiger partial charge in [0.2, 0.25) is 0 Å². The third-order valence-corrected chi connectivity index (χ3v) is 14.4. The fourth-order valence-electron chi connectivity index (χ4n) is 11.1. The number of rotatable bonds is 5. The first-order chi connectivity index (χ1) is 34.7. The SMILES string of the molecule is c1ccc2cc3c(cc2c1)c1ccccc1n3-c1ccc(-c2nc(-c3c4ccccc4cc4ccccc34)nc(-c3c4ccccc4cc4ccccc34)n2)cc1-c1ccc2c(c1)oc1ccccc12. The Hall–Kier alpha value is -9.45. The highest BCUT2D eigenvalue weighted by molar-refractivity contribution is 6.16. The molecular formula is C65H38N4O. The molecule has 0 saturated heterocycles. The zero-order valence-corrected chi connectivity index (χ0v) is 37.6. The molecule has 3 aromatic heterocycles. The highest BCUT2D eigenvalue weighted by Crippen LogP contribution is 2.43. The van der Waals surface area contributed by atoms with Gasteiger partial charge in [0.15, 0.2) is 17.5 Å². The van der Waals surface area contributed by atoms with Crippen LogP contribution in [0.2, 0.25) is 0 Å². The molecule has 5 nitrogen and oxygen atoms in total. The largest absolute Gasteiger partial charge is 0.456 e. The van der Waals surface area contributed by atoms with Crippen molar-refractivity contribution in [2.45, 2.75) is 0 Å². The third-order valence-electron chi connectivity index (χ3n) is 14.4. The third kappa shape index (κ3) is 5.88. The molecule has 0 aliphatic heterocycles. The zero-order valence-electron chi connectivity index (χ0n) is 37.6. The van der Waals surface area contributed by atoms with Crippen LogP contribution in [-0.4, -0.2) is 19.5 Å². The van der Waals surface area contributed by atoms with E-state index >= 15 is 0 Å². The minimum Gasteiger partial charge on any atom is -0.456 e. The van der Waals surface area contributed by atoms with Gasteiger partial charge in [0.1, 0.15) is 11.2 Å². The van der Waals surface area contributed by atoms with E-state index in [0.717, 1.165) is 110 Å². The van der Waals surface area contributed by atoms with Crippen LogP contribution in [0.4, 0.5) is 0 Å². The lowest BCUT2D eigenvalue weighted by Gasteiger charge is -2.17. The first-order valence-corrected chi connectivity index (χ1v) is 23.7. The summed E-state index contributed by atoms with van der Waals surface area (Å²) >= 11 is 0. The van der Waals surface area contributed by atoms with Gasteiger partial charge in [0.05, 0.1) is 16.7 Å². The van der Waals surface area contributed by atoms with E-state index in [1.54, 1.807) is 0 Å². The van der Waals surface area contributed by atoms with E-state index in [9.17, 15) is 0 Å². The van der Waals surface area contributed by atoms with Crippen LogP contribution in [0.25, 0.3) is 149 Å². The van der Waals surface area contributed by atoms with Crippen LogP contribution < -0.4 is 0 Å². The lowest BCUT2D eigenvalue weighted by Crippen LogP contribution is -2.03. The Morgan fingerprint density at radius 2 is 0.757 bits per heavy atom. The van der Waals surface area contributed by atoms with Gasteiger partial charge >= 0.3 is 0 Å². The molecule has 0 amide bonds. The van der Waals surface area contributed by atoms with Crippen molar-refractivity contribution in [1.29, 1.82) is 0 Å². The Morgan fingerprint density at radius 1 is 0.286 bits per heavy atom. The summed E-state index contributed by atoms with van der Waals surface area (Å²) in [6.45, 7) is 0. The van der Waals surface area contributed by atoms with Gasteiger partial charge in [-0.2, -0.15) is 0 Å². The maximum Gasteiger partial charge on any atom is 0.165 e. The van der Waals surface area contributed by atoms with Crippen LogP contribution >= 0.6 is 0 Å². The summed E-state index contributed by atoms with van der Waals surface area (Å²) in [5.74, 6) is 1.82. The molecule has 12 aromatic carbocycles. The second-order valence-corrected chi connectivity index (χ2v) is 18.3. The summed E-state index contributed by atoms with van der Waals surface area (Å²) in [6, 6.07) is 82.3. The molecule has 324 valence electrons. The molecule has 15 rings (SSSR count). The van der Waals surface area contributed by atoms with Crippen molar-refractivity contribution >= 4 is 97.6 Å². The highest BCUT2D eigenvalue weighted by Gasteiger charge is 2.23. The average Bonchev–Trinajstić information content (AvgIpc) is 3.95. The molecule has 0 radical (unpaired) electrons. The number of hydrogen-bond donors (Lipinski definition) is 0. The van der Waals surface area contributed by atoms with Crippen LogP contribution in [-0.2, 0) is 0 Å². The van der Waals surface area contributed by atoms with E-state index in [-0.39, 0.29) is 0 Å². The highest BCUT2D eigenvalue weighted by atomic mass is 16.3. The number of fused-ring (bicyclic) bond motifs is 11. The van der Waals surface area contributed by atoms with E-state index < -0.39 is 0 Å². The van der Waals surface area contributed by atoms with Crippen molar-refractivity contribution in [3.63, 3.8) is 0 Å². The summed E-state index contributed by atoms with van der Waals surface area (Å²) in [6.07, 6.45) is 0. The predicted octanol–water partition coefficient (Wildman–Crippen LogP) is 17.3. The van der Waals surface area contributed by atoms with Gasteiger partial charge in [-0.15, -0.1) is 0 Å². The molecule has 0 N–H and O–H groups in total. The van der Waals surface area contributed by atoms with Crippen molar-refractivity contribution in [2.75, 3.05) is 0 Å². The zero-order chi connectivity index (χ0) is 45.9.